The number of hydrazine groups is 1. The molecule has 1 N–H and O–H groups in total. The van der Waals surface area contributed by atoms with E-state index in [1.165, 1.54) is 0 Å². The van der Waals surface area contributed by atoms with Crippen molar-refractivity contribution in [1.29, 1.82) is 5.26 Å². The van der Waals surface area contributed by atoms with Crippen LogP contribution in [0.1, 0.15) is 52.9 Å². The van der Waals surface area contributed by atoms with Gasteiger partial charge in [0.05, 0.1) is 0 Å². The fourth-order valence-electron chi connectivity index (χ4n) is 1.89. The van der Waals surface area contributed by atoms with Crippen LogP contribution in [-0.4, -0.2) is 28.2 Å². The van der Waals surface area contributed by atoms with Crippen molar-refractivity contribution in [2.24, 2.45) is 5.41 Å². The fraction of sp³-hybridized carbons (Fsp3) is 0.625. The van der Waals surface area contributed by atoms with Gasteiger partial charge < -0.3 is 4.74 Å². The van der Waals surface area contributed by atoms with Gasteiger partial charge in [0.1, 0.15) is 17.2 Å². The highest BCUT2D eigenvalue weighted by atomic mass is 19.4. The molecule has 0 unspecified atom stereocenters. The molecular formula is C16H22F3N5O2. The van der Waals surface area contributed by atoms with E-state index in [0.29, 0.717) is 6.20 Å². The predicted octanol–water partition coefficient (Wildman–Crippen LogP) is 3.66. The van der Waals surface area contributed by atoms with Crippen LogP contribution in [0.25, 0.3) is 0 Å². The summed E-state index contributed by atoms with van der Waals surface area (Å²) in [5.41, 5.74) is -0.231. The molecule has 26 heavy (non-hydrogen) atoms. The van der Waals surface area contributed by atoms with Gasteiger partial charge >= 0.3 is 12.3 Å². The van der Waals surface area contributed by atoms with E-state index >= 15 is 0 Å². The standard InChI is InChI=1S/C16H22F3N5O2/c1-14(2,3)9-24(23-13(25)26-15(4,5)6)12-10(16(17,18)19)8-21-11(7-20)22-12/h8H,9H2,1-6H3,(H,23,25). The fourth-order valence-corrected chi connectivity index (χ4v) is 1.89. The van der Waals surface area contributed by atoms with Gasteiger partial charge in [-0.15, -0.1) is 0 Å². The molecule has 0 aliphatic rings. The number of anilines is 1. The van der Waals surface area contributed by atoms with Gasteiger partial charge in [0.25, 0.3) is 0 Å². The van der Waals surface area contributed by atoms with Crippen molar-refractivity contribution in [2.45, 2.75) is 53.3 Å². The van der Waals surface area contributed by atoms with Crippen molar-refractivity contribution in [2.75, 3.05) is 11.6 Å². The normalized spacial score (nSPS) is 12.3. The van der Waals surface area contributed by atoms with Crippen LogP contribution in [-0.2, 0) is 10.9 Å². The number of carbonyl (C=O) groups is 1. The first-order chi connectivity index (χ1) is 11.6. The summed E-state index contributed by atoms with van der Waals surface area (Å²) in [5.74, 6) is -1.07. The third kappa shape index (κ3) is 6.74. The van der Waals surface area contributed by atoms with Crippen LogP contribution in [0.5, 0.6) is 0 Å². The zero-order valence-corrected chi connectivity index (χ0v) is 15.5. The highest BCUT2D eigenvalue weighted by molar-refractivity contribution is 5.70. The van der Waals surface area contributed by atoms with Gasteiger partial charge in [-0.05, 0) is 26.2 Å². The highest BCUT2D eigenvalue weighted by Gasteiger charge is 2.38. The maximum absolute atomic E-state index is 13.4. The molecule has 0 aliphatic heterocycles. The quantitative estimate of drug-likeness (QED) is 0.813. The molecule has 0 fully saturated rings. The van der Waals surface area contributed by atoms with Crippen LogP contribution < -0.4 is 10.4 Å². The third-order valence-corrected chi connectivity index (χ3v) is 2.69. The molecule has 1 heterocycles. The third-order valence-electron chi connectivity index (χ3n) is 2.69. The average molecular weight is 373 g/mol. The first-order valence-electron chi connectivity index (χ1n) is 7.74. The molecule has 10 heteroatoms. The van der Waals surface area contributed by atoms with Gasteiger partial charge in [-0.1, -0.05) is 20.8 Å². The van der Waals surface area contributed by atoms with Crippen LogP contribution in [0.2, 0.25) is 0 Å². The lowest BCUT2D eigenvalue weighted by Crippen LogP contribution is -2.49. The number of rotatable bonds is 3. The Bertz CT molecular complexity index is 700. The smallest absolute Gasteiger partial charge is 0.426 e. The molecule has 144 valence electrons. The number of amides is 1. The maximum Gasteiger partial charge on any atom is 0.426 e. The summed E-state index contributed by atoms with van der Waals surface area (Å²) < 4.78 is 45.2. The van der Waals surface area contributed by atoms with Crippen LogP contribution in [0.4, 0.5) is 23.8 Å². The predicted molar refractivity (Wildman–Crippen MR) is 87.9 cm³/mol. The van der Waals surface area contributed by atoms with E-state index in [2.05, 4.69) is 15.4 Å². The first-order valence-corrected chi connectivity index (χ1v) is 7.74. The van der Waals surface area contributed by atoms with Gasteiger partial charge in [0.15, 0.2) is 5.82 Å². The maximum atomic E-state index is 13.4. The second-order valence-electron chi connectivity index (χ2n) is 7.80. The molecule has 0 aliphatic carbocycles. The van der Waals surface area contributed by atoms with Crippen LogP contribution in [0, 0.1) is 16.7 Å². The molecule has 0 spiro atoms. The Balaban J connectivity index is 3.38. The molecule has 1 rings (SSSR count). The monoisotopic (exact) mass is 373 g/mol. The lowest BCUT2D eigenvalue weighted by Gasteiger charge is -2.32. The number of alkyl halides is 3. The van der Waals surface area contributed by atoms with Crippen molar-refractivity contribution < 1.29 is 22.7 Å². The number of ether oxygens (including phenoxy) is 1. The van der Waals surface area contributed by atoms with Crippen molar-refractivity contribution in [3.63, 3.8) is 0 Å². The number of hydrogen-bond acceptors (Lipinski definition) is 6. The van der Waals surface area contributed by atoms with Gasteiger partial charge in [0.2, 0.25) is 5.82 Å². The molecule has 7 nitrogen and oxygen atoms in total. The topological polar surface area (TPSA) is 91.1 Å². The van der Waals surface area contributed by atoms with E-state index in [1.807, 2.05) is 0 Å². The molecule has 1 amide bonds. The Labute approximate surface area is 150 Å². The number of carbonyl (C=O) groups excluding carboxylic acids is 1. The summed E-state index contributed by atoms with van der Waals surface area (Å²) in [4.78, 5) is 19.1. The van der Waals surface area contributed by atoms with E-state index in [-0.39, 0.29) is 6.54 Å². The van der Waals surface area contributed by atoms with E-state index in [1.54, 1.807) is 47.6 Å². The van der Waals surface area contributed by atoms with Crippen LogP contribution >= 0.6 is 0 Å². The summed E-state index contributed by atoms with van der Waals surface area (Å²) in [5, 5.41) is 9.85. The summed E-state index contributed by atoms with van der Waals surface area (Å²) >= 11 is 0. The summed E-state index contributed by atoms with van der Waals surface area (Å²) in [6.45, 7) is 10.2. The molecule has 0 saturated carbocycles. The van der Waals surface area contributed by atoms with Crippen LogP contribution in [0.15, 0.2) is 6.20 Å². The van der Waals surface area contributed by atoms with Gasteiger partial charge in [-0.3, -0.25) is 5.01 Å². The largest absolute Gasteiger partial charge is 0.443 e. The molecule has 0 atom stereocenters. The van der Waals surface area contributed by atoms with Crippen molar-refractivity contribution in [3.05, 3.63) is 17.6 Å². The lowest BCUT2D eigenvalue weighted by molar-refractivity contribution is -0.137. The second kappa shape index (κ2) is 7.35. The van der Waals surface area contributed by atoms with E-state index < -0.39 is 40.5 Å². The van der Waals surface area contributed by atoms with Gasteiger partial charge in [-0.25, -0.2) is 15.2 Å². The van der Waals surface area contributed by atoms with E-state index in [9.17, 15) is 18.0 Å². The number of nitriles is 1. The second-order valence-corrected chi connectivity index (χ2v) is 7.80. The minimum absolute atomic E-state index is 0.0167. The summed E-state index contributed by atoms with van der Waals surface area (Å²) in [6.07, 6.45) is -5.19. The molecule has 0 aromatic carbocycles. The minimum atomic E-state index is -4.77. The van der Waals surface area contributed by atoms with Gasteiger partial charge in [0, 0.05) is 12.7 Å². The lowest BCUT2D eigenvalue weighted by atomic mass is 9.96. The first kappa shape index (κ1) is 21.5. The molecule has 0 saturated heterocycles. The van der Waals surface area contributed by atoms with Gasteiger partial charge in [-0.2, -0.15) is 23.4 Å². The molecular weight excluding hydrogens is 351 g/mol. The Morgan fingerprint density at radius 2 is 1.85 bits per heavy atom. The molecule has 0 radical (unpaired) electrons. The Morgan fingerprint density at radius 3 is 2.27 bits per heavy atom. The summed E-state index contributed by atoms with van der Waals surface area (Å²) in [6, 6.07) is 1.60. The average Bonchev–Trinajstić information content (AvgIpc) is 2.41. The van der Waals surface area contributed by atoms with Crippen molar-refractivity contribution >= 4 is 11.9 Å². The molecule has 1 aromatic heterocycles. The Morgan fingerprint density at radius 1 is 1.27 bits per heavy atom. The Hall–Kier alpha value is -2.57. The van der Waals surface area contributed by atoms with E-state index in [4.69, 9.17) is 10.00 Å². The zero-order valence-electron chi connectivity index (χ0n) is 15.5. The number of halogens is 3. The highest BCUT2D eigenvalue weighted by Crippen LogP contribution is 2.35. The van der Waals surface area contributed by atoms with E-state index in [0.717, 1.165) is 5.01 Å². The number of hydrogen-bond donors (Lipinski definition) is 1. The van der Waals surface area contributed by atoms with Crippen LogP contribution in [0.3, 0.4) is 0 Å². The molecule has 1 aromatic rings. The number of nitrogens with one attached hydrogen (secondary N) is 1. The Kier molecular flexibility index (Phi) is 6.07. The van der Waals surface area contributed by atoms with Crippen molar-refractivity contribution in [1.82, 2.24) is 15.4 Å². The number of aromatic nitrogens is 2. The zero-order chi connectivity index (χ0) is 20.3. The number of nitrogens with zero attached hydrogens (tertiary/aromatic N) is 4. The molecule has 0 bridgehead atoms. The minimum Gasteiger partial charge on any atom is -0.443 e. The van der Waals surface area contributed by atoms with Crippen molar-refractivity contribution in [3.8, 4) is 6.07 Å². The SMILES string of the molecule is CC(C)(C)CN(NC(=O)OC(C)(C)C)c1nc(C#N)ncc1C(F)(F)F. The summed E-state index contributed by atoms with van der Waals surface area (Å²) in [7, 11) is 0.